The van der Waals surface area contributed by atoms with Crippen LogP contribution in [0.4, 0.5) is 21.7 Å². The first kappa shape index (κ1) is 25.3. The van der Waals surface area contributed by atoms with Crippen molar-refractivity contribution in [3.8, 4) is 5.88 Å². The second-order valence-electron chi connectivity index (χ2n) is 10.0. The molecule has 1 unspecified atom stereocenters. The van der Waals surface area contributed by atoms with Crippen molar-refractivity contribution in [2.24, 2.45) is 0 Å². The summed E-state index contributed by atoms with van der Waals surface area (Å²) in [4.78, 5) is 30.5. The number of hydrogen-bond acceptors (Lipinski definition) is 8. The third-order valence-electron chi connectivity index (χ3n) is 7.24. The van der Waals surface area contributed by atoms with Gasteiger partial charge in [0, 0.05) is 55.9 Å². The van der Waals surface area contributed by atoms with Crippen molar-refractivity contribution in [2.75, 3.05) is 56.7 Å². The van der Waals surface area contributed by atoms with E-state index in [0.717, 1.165) is 44.7 Å². The molecule has 0 bridgehead atoms. The summed E-state index contributed by atoms with van der Waals surface area (Å²) >= 11 is 0. The third-order valence-corrected chi connectivity index (χ3v) is 7.24. The summed E-state index contributed by atoms with van der Waals surface area (Å²) in [5.74, 6) is -0.0137. The van der Waals surface area contributed by atoms with E-state index < -0.39 is 5.82 Å². The highest BCUT2D eigenvalue weighted by molar-refractivity contribution is 6.17. The van der Waals surface area contributed by atoms with Crippen LogP contribution in [0.5, 0.6) is 5.88 Å². The van der Waals surface area contributed by atoms with Gasteiger partial charge in [-0.25, -0.2) is 4.39 Å². The van der Waals surface area contributed by atoms with Crippen LogP contribution in [0.25, 0.3) is 11.0 Å². The van der Waals surface area contributed by atoms with Gasteiger partial charge in [-0.3, -0.25) is 4.79 Å². The monoisotopic (exact) mass is 530 g/mol. The lowest BCUT2D eigenvalue weighted by molar-refractivity contribution is 0.00624. The van der Waals surface area contributed by atoms with Crippen LogP contribution < -0.4 is 15.0 Å². The first-order chi connectivity index (χ1) is 19.0. The van der Waals surface area contributed by atoms with Gasteiger partial charge in [-0.15, -0.1) is 0 Å². The van der Waals surface area contributed by atoms with Crippen molar-refractivity contribution in [3.05, 3.63) is 71.7 Å². The Bertz CT molecular complexity index is 1440. The number of rotatable bonds is 7. The highest BCUT2D eigenvalue weighted by Crippen LogP contribution is 2.32. The SMILES string of the molecule is CN1CCN(c2ccc(Nc3nc(OC4CCCOC4)c4c(C(=O)c5ccc(F)cc5)c[nH]c4n3)cc2)CC1. The molecule has 2 fully saturated rings. The maximum absolute atomic E-state index is 13.4. The molecule has 0 radical (unpaired) electrons. The minimum Gasteiger partial charge on any atom is -0.471 e. The minimum atomic E-state index is -0.401. The van der Waals surface area contributed by atoms with Gasteiger partial charge in [0.05, 0.1) is 17.6 Å². The van der Waals surface area contributed by atoms with Crippen LogP contribution in [0.1, 0.15) is 28.8 Å². The predicted octanol–water partition coefficient (Wildman–Crippen LogP) is 4.38. The Morgan fingerprint density at radius 1 is 1.08 bits per heavy atom. The number of fused-ring (bicyclic) bond motifs is 1. The van der Waals surface area contributed by atoms with Crippen molar-refractivity contribution in [1.82, 2.24) is 19.9 Å². The fraction of sp³-hybridized carbons (Fsp3) is 0.345. The standard InChI is InChI=1S/C29H31FN6O3/c1-35-12-14-36(15-13-35)22-10-8-21(9-11-22)32-29-33-27-25(28(34-29)39-23-3-2-16-38-18-23)24(17-31-27)26(37)19-4-6-20(30)7-5-19/h4-11,17,23H,2-3,12-16,18H2,1H3,(H2,31,32,33,34). The van der Waals surface area contributed by atoms with E-state index in [-0.39, 0.29) is 11.9 Å². The number of carbonyl (C=O) groups excluding carboxylic acids is 1. The normalized spacial score (nSPS) is 18.3. The molecule has 39 heavy (non-hydrogen) atoms. The van der Waals surface area contributed by atoms with Crippen molar-refractivity contribution in [3.63, 3.8) is 0 Å². The number of nitrogens with one attached hydrogen (secondary N) is 2. The smallest absolute Gasteiger partial charge is 0.232 e. The molecule has 1 atom stereocenters. The molecule has 4 heterocycles. The fourth-order valence-corrected chi connectivity index (χ4v) is 4.99. The van der Waals surface area contributed by atoms with Gasteiger partial charge in [0.25, 0.3) is 0 Å². The maximum Gasteiger partial charge on any atom is 0.232 e. The fourth-order valence-electron chi connectivity index (χ4n) is 4.99. The van der Waals surface area contributed by atoms with Gasteiger partial charge in [-0.1, -0.05) is 0 Å². The van der Waals surface area contributed by atoms with E-state index in [9.17, 15) is 9.18 Å². The molecular weight excluding hydrogens is 499 g/mol. The van der Waals surface area contributed by atoms with Gasteiger partial charge < -0.3 is 29.6 Å². The lowest BCUT2D eigenvalue weighted by Gasteiger charge is -2.34. The van der Waals surface area contributed by atoms with E-state index >= 15 is 0 Å². The molecule has 2 aromatic heterocycles. The number of anilines is 3. The number of carbonyl (C=O) groups is 1. The van der Waals surface area contributed by atoms with E-state index in [0.29, 0.717) is 47.2 Å². The number of aromatic nitrogens is 3. The first-order valence-corrected chi connectivity index (χ1v) is 13.3. The predicted molar refractivity (Wildman–Crippen MR) is 148 cm³/mol. The molecule has 10 heteroatoms. The average Bonchev–Trinajstić information content (AvgIpc) is 3.39. The number of halogens is 1. The second kappa shape index (κ2) is 11.0. The van der Waals surface area contributed by atoms with Gasteiger partial charge in [-0.2, -0.15) is 9.97 Å². The molecule has 2 saturated heterocycles. The van der Waals surface area contributed by atoms with Crippen LogP contribution in [0, 0.1) is 5.82 Å². The highest BCUT2D eigenvalue weighted by Gasteiger charge is 2.24. The zero-order valence-corrected chi connectivity index (χ0v) is 21.8. The van der Waals surface area contributed by atoms with E-state index in [4.69, 9.17) is 9.47 Å². The number of likely N-dealkylation sites (N-methyl/N-ethyl adjacent to an activating group) is 1. The zero-order chi connectivity index (χ0) is 26.8. The number of aromatic amines is 1. The molecule has 2 aromatic carbocycles. The van der Waals surface area contributed by atoms with Crippen molar-refractivity contribution < 1.29 is 18.7 Å². The summed E-state index contributed by atoms with van der Waals surface area (Å²) in [7, 11) is 2.15. The van der Waals surface area contributed by atoms with E-state index in [1.165, 1.54) is 30.0 Å². The molecule has 2 N–H and O–H groups in total. The average molecular weight is 531 g/mol. The van der Waals surface area contributed by atoms with Crippen molar-refractivity contribution >= 4 is 34.1 Å². The van der Waals surface area contributed by atoms with Gasteiger partial charge in [0.1, 0.15) is 17.6 Å². The third kappa shape index (κ3) is 5.57. The molecule has 6 rings (SSSR count). The van der Waals surface area contributed by atoms with Gasteiger partial charge in [0.2, 0.25) is 11.8 Å². The number of piperazine rings is 1. The Balaban J connectivity index is 1.29. The summed E-state index contributed by atoms with van der Waals surface area (Å²) < 4.78 is 25.3. The van der Waals surface area contributed by atoms with E-state index in [2.05, 4.69) is 49.2 Å². The van der Waals surface area contributed by atoms with E-state index in [1.54, 1.807) is 6.20 Å². The largest absolute Gasteiger partial charge is 0.471 e. The number of nitrogens with zero attached hydrogens (tertiary/aromatic N) is 4. The zero-order valence-electron chi connectivity index (χ0n) is 21.8. The molecule has 2 aliphatic rings. The maximum atomic E-state index is 13.4. The quantitative estimate of drug-likeness (QED) is 0.340. The van der Waals surface area contributed by atoms with Gasteiger partial charge in [0.15, 0.2) is 5.78 Å². The number of H-pyrrole nitrogens is 1. The Morgan fingerprint density at radius 2 is 1.85 bits per heavy atom. The number of ether oxygens (including phenoxy) is 2. The minimum absolute atomic E-state index is 0.184. The Morgan fingerprint density at radius 3 is 2.56 bits per heavy atom. The Hall–Kier alpha value is -4.02. The van der Waals surface area contributed by atoms with Crippen molar-refractivity contribution in [2.45, 2.75) is 18.9 Å². The highest BCUT2D eigenvalue weighted by atomic mass is 19.1. The van der Waals surface area contributed by atoms with Crippen LogP contribution in [-0.2, 0) is 4.74 Å². The van der Waals surface area contributed by atoms with Crippen LogP contribution in [-0.4, -0.2) is 78.2 Å². The lowest BCUT2D eigenvalue weighted by Crippen LogP contribution is -2.44. The Kier molecular flexibility index (Phi) is 7.12. The molecule has 4 aromatic rings. The molecule has 2 aliphatic heterocycles. The van der Waals surface area contributed by atoms with Crippen LogP contribution in [0.3, 0.4) is 0 Å². The lowest BCUT2D eigenvalue weighted by atomic mass is 10.0. The molecule has 0 spiro atoms. The summed E-state index contributed by atoms with van der Waals surface area (Å²) in [6, 6.07) is 13.7. The van der Waals surface area contributed by atoms with Crippen LogP contribution in [0.15, 0.2) is 54.7 Å². The second-order valence-corrected chi connectivity index (χ2v) is 10.0. The summed E-state index contributed by atoms with van der Waals surface area (Å²) in [5, 5.41) is 3.77. The summed E-state index contributed by atoms with van der Waals surface area (Å²) in [6.07, 6.45) is 3.13. The first-order valence-electron chi connectivity index (χ1n) is 13.3. The number of ketones is 1. The van der Waals surface area contributed by atoms with Gasteiger partial charge >= 0.3 is 0 Å². The summed E-state index contributed by atoms with van der Waals surface area (Å²) in [6.45, 7) is 5.25. The van der Waals surface area contributed by atoms with Gasteiger partial charge in [-0.05, 0) is 68.4 Å². The summed E-state index contributed by atoms with van der Waals surface area (Å²) in [5.41, 5.74) is 3.23. The van der Waals surface area contributed by atoms with Crippen LogP contribution >= 0.6 is 0 Å². The Labute approximate surface area is 226 Å². The number of hydrogen-bond donors (Lipinski definition) is 2. The topological polar surface area (TPSA) is 95.6 Å². The molecule has 0 saturated carbocycles. The van der Waals surface area contributed by atoms with Crippen molar-refractivity contribution in [1.29, 1.82) is 0 Å². The van der Waals surface area contributed by atoms with Crippen LogP contribution in [0.2, 0.25) is 0 Å². The van der Waals surface area contributed by atoms with E-state index in [1.807, 2.05) is 12.1 Å². The molecular formula is C29H31FN6O3. The molecule has 202 valence electrons. The molecule has 9 nitrogen and oxygen atoms in total. The molecule has 0 aliphatic carbocycles. The molecule has 0 amide bonds. The number of benzene rings is 2.